The SMILES string of the molecule is OCCC1CCCC(F)(F)C1. The number of alkyl halides is 2. The van der Waals surface area contributed by atoms with Crippen LogP contribution in [0.15, 0.2) is 0 Å². The van der Waals surface area contributed by atoms with Crippen LogP contribution >= 0.6 is 0 Å². The average molecular weight is 164 g/mol. The lowest BCUT2D eigenvalue weighted by Crippen LogP contribution is -2.26. The van der Waals surface area contributed by atoms with Gasteiger partial charge >= 0.3 is 0 Å². The fraction of sp³-hybridized carbons (Fsp3) is 1.00. The van der Waals surface area contributed by atoms with Gasteiger partial charge in [-0.1, -0.05) is 0 Å². The zero-order valence-electron chi connectivity index (χ0n) is 6.52. The Balaban J connectivity index is 2.34. The van der Waals surface area contributed by atoms with Gasteiger partial charge in [0.2, 0.25) is 5.92 Å². The monoisotopic (exact) mass is 164 g/mol. The summed E-state index contributed by atoms with van der Waals surface area (Å²) in [5.41, 5.74) is 0. The van der Waals surface area contributed by atoms with Crippen molar-refractivity contribution in [3.8, 4) is 0 Å². The third-order valence-electron chi connectivity index (χ3n) is 2.28. The zero-order chi connectivity index (χ0) is 8.32. The van der Waals surface area contributed by atoms with E-state index in [1.165, 1.54) is 0 Å². The highest BCUT2D eigenvalue weighted by atomic mass is 19.3. The van der Waals surface area contributed by atoms with Gasteiger partial charge in [-0.05, 0) is 25.2 Å². The maximum absolute atomic E-state index is 12.7. The Bertz CT molecular complexity index is 123. The summed E-state index contributed by atoms with van der Waals surface area (Å²) in [7, 11) is 0. The number of aliphatic hydroxyl groups excluding tert-OH is 1. The molecule has 1 atom stereocenters. The molecule has 0 bridgehead atoms. The number of aliphatic hydroxyl groups is 1. The van der Waals surface area contributed by atoms with Crippen molar-refractivity contribution in [1.82, 2.24) is 0 Å². The summed E-state index contributed by atoms with van der Waals surface area (Å²) in [6.45, 7) is 0.0424. The van der Waals surface area contributed by atoms with Crippen LogP contribution in [0.5, 0.6) is 0 Å². The van der Waals surface area contributed by atoms with E-state index >= 15 is 0 Å². The maximum atomic E-state index is 12.7. The van der Waals surface area contributed by atoms with Gasteiger partial charge in [0.1, 0.15) is 0 Å². The third kappa shape index (κ3) is 2.73. The molecule has 1 rings (SSSR count). The van der Waals surface area contributed by atoms with Gasteiger partial charge in [-0.25, -0.2) is 8.78 Å². The third-order valence-corrected chi connectivity index (χ3v) is 2.28. The number of rotatable bonds is 2. The molecule has 66 valence electrons. The molecule has 0 radical (unpaired) electrons. The normalized spacial score (nSPS) is 30.3. The average Bonchev–Trinajstić information content (AvgIpc) is 1.85. The lowest BCUT2D eigenvalue weighted by atomic mass is 9.85. The molecule has 0 heterocycles. The fourth-order valence-electron chi connectivity index (χ4n) is 1.70. The van der Waals surface area contributed by atoms with Crippen molar-refractivity contribution >= 4 is 0 Å². The molecule has 0 saturated heterocycles. The minimum Gasteiger partial charge on any atom is -0.396 e. The molecule has 1 fully saturated rings. The summed E-state index contributed by atoms with van der Waals surface area (Å²) in [6, 6.07) is 0. The quantitative estimate of drug-likeness (QED) is 0.663. The highest BCUT2D eigenvalue weighted by molar-refractivity contribution is 4.77. The van der Waals surface area contributed by atoms with Gasteiger partial charge in [-0.15, -0.1) is 0 Å². The molecule has 0 aliphatic heterocycles. The summed E-state index contributed by atoms with van der Waals surface area (Å²) in [4.78, 5) is 0. The highest BCUT2D eigenvalue weighted by Crippen LogP contribution is 2.37. The van der Waals surface area contributed by atoms with Crippen molar-refractivity contribution in [3.05, 3.63) is 0 Å². The minimum absolute atomic E-state index is 0.0203. The minimum atomic E-state index is -2.46. The van der Waals surface area contributed by atoms with Crippen LogP contribution in [0.25, 0.3) is 0 Å². The van der Waals surface area contributed by atoms with Crippen molar-refractivity contribution in [3.63, 3.8) is 0 Å². The maximum Gasteiger partial charge on any atom is 0.248 e. The van der Waals surface area contributed by atoms with E-state index in [0.29, 0.717) is 12.8 Å². The van der Waals surface area contributed by atoms with Crippen LogP contribution in [-0.2, 0) is 0 Å². The van der Waals surface area contributed by atoms with Crippen LogP contribution in [0.2, 0.25) is 0 Å². The van der Waals surface area contributed by atoms with Crippen LogP contribution < -0.4 is 0 Å². The summed E-state index contributed by atoms with van der Waals surface area (Å²) in [5, 5.41) is 8.54. The van der Waals surface area contributed by atoms with E-state index in [9.17, 15) is 8.78 Å². The van der Waals surface area contributed by atoms with E-state index in [1.54, 1.807) is 0 Å². The van der Waals surface area contributed by atoms with Gasteiger partial charge < -0.3 is 5.11 Å². The predicted octanol–water partition coefficient (Wildman–Crippen LogP) is 2.19. The van der Waals surface area contributed by atoms with Crippen molar-refractivity contribution < 1.29 is 13.9 Å². The van der Waals surface area contributed by atoms with E-state index in [4.69, 9.17) is 5.11 Å². The molecule has 0 amide bonds. The van der Waals surface area contributed by atoms with Crippen molar-refractivity contribution in [2.24, 2.45) is 5.92 Å². The van der Waals surface area contributed by atoms with E-state index in [2.05, 4.69) is 0 Å². The predicted molar refractivity (Wildman–Crippen MR) is 38.6 cm³/mol. The first kappa shape index (κ1) is 8.91. The second kappa shape index (κ2) is 3.48. The Kier molecular flexibility index (Phi) is 2.82. The Morgan fingerprint density at radius 3 is 2.73 bits per heavy atom. The van der Waals surface area contributed by atoms with Crippen LogP contribution in [-0.4, -0.2) is 17.6 Å². The Labute approximate surface area is 65.4 Å². The summed E-state index contributed by atoms with van der Waals surface area (Å²) in [6.07, 6.45) is 2.02. The molecular weight excluding hydrogens is 150 g/mol. The standard InChI is InChI=1S/C8H14F2O/c9-8(10)4-1-2-7(6-8)3-5-11/h7,11H,1-6H2. The van der Waals surface area contributed by atoms with Gasteiger partial charge in [0, 0.05) is 19.4 Å². The van der Waals surface area contributed by atoms with Crippen LogP contribution in [0.3, 0.4) is 0 Å². The fourth-order valence-corrected chi connectivity index (χ4v) is 1.70. The molecule has 0 spiro atoms. The first-order chi connectivity index (χ1) is 5.14. The molecule has 1 aliphatic carbocycles. The van der Waals surface area contributed by atoms with Crippen molar-refractivity contribution in [2.45, 2.75) is 38.0 Å². The van der Waals surface area contributed by atoms with Crippen molar-refractivity contribution in [1.29, 1.82) is 0 Å². The number of hydrogen-bond acceptors (Lipinski definition) is 1. The second-order valence-corrected chi connectivity index (χ2v) is 3.33. The van der Waals surface area contributed by atoms with Crippen LogP contribution in [0.1, 0.15) is 32.1 Å². The lowest BCUT2D eigenvalue weighted by molar-refractivity contribution is -0.0552. The molecule has 1 N–H and O–H groups in total. The van der Waals surface area contributed by atoms with E-state index in [-0.39, 0.29) is 25.4 Å². The number of halogens is 2. The molecule has 1 unspecified atom stereocenters. The van der Waals surface area contributed by atoms with Crippen molar-refractivity contribution in [2.75, 3.05) is 6.61 Å². The molecule has 0 aromatic carbocycles. The summed E-state index contributed by atoms with van der Waals surface area (Å²) in [5.74, 6) is -2.42. The molecular formula is C8H14F2O. The molecule has 0 aromatic heterocycles. The molecule has 11 heavy (non-hydrogen) atoms. The second-order valence-electron chi connectivity index (χ2n) is 3.33. The van der Waals surface area contributed by atoms with Gasteiger partial charge in [-0.3, -0.25) is 0 Å². The Hall–Kier alpha value is -0.180. The van der Waals surface area contributed by atoms with Gasteiger partial charge in [-0.2, -0.15) is 0 Å². The summed E-state index contributed by atoms with van der Waals surface area (Å²) < 4.78 is 25.4. The highest BCUT2D eigenvalue weighted by Gasteiger charge is 2.35. The zero-order valence-corrected chi connectivity index (χ0v) is 6.52. The largest absolute Gasteiger partial charge is 0.396 e. The van der Waals surface area contributed by atoms with E-state index < -0.39 is 5.92 Å². The van der Waals surface area contributed by atoms with Gasteiger partial charge in [0.25, 0.3) is 0 Å². The molecule has 1 nitrogen and oxygen atoms in total. The lowest BCUT2D eigenvalue weighted by Gasteiger charge is -2.28. The van der Waals surface area contributed by atoms with E-state index in [1.807, 2.05) is 0 Å². The van der Waals surface area contributed by atoms with E-state index in [0.717, 1.165) is 6.42 Å². The van der Waals surface area contributed by atoms with Gasteiger partial charge in [0.15, 0.2) is 0 Å². The first-order valence-corrected chi connectivity index (χ1v) is 4.13. The topological polar surface area (TPSA) is 20.2 Å². The van der Waals surface area contributed by atoms with Gasteiger partial charge in [0.05, 0.1) is 0 Å². The molecule has 0 aromatic rings. The summed E-state index contributed by atoms with van der Waals surface area (Å²) >= 11 is 0. The molecule has 1 aliphatic rings. The molecule has 3 heteroatoms. The smallest absolute Gasteiger partial charge is 0.248 e. The van der Waals surface area contributed by atoms with Crippen LogP contribution in [0, 0.1) is 5.92 Å². The first-order valence-electron chi connectivity index (χ1n) is 4.13. The molecule has 1 saturated carbocycles. The van der Waals surface area contributed by atoms with Crippen LogP contribution in [0.4, 0.5) is 8.78 Å². The Morgan fingerprint density at radius 2 is 2.18 bits per heavy atom. The Morgan fingerprint density at radius 1 is 1.45 bits per heavy atom. The number of hydrogen-bond donors (Lipinski definition) is 1.